The Hall–Kier alpha value is -3.03. The second kappa shape index (κ2) is 7.69. The van der Waals surface area contributed by atoms with Crippen molar-refractivity contribution < 1.29 is 23.1 Å². The lowest BCUT2D eigenvalue weighted by Gasteiger charge is -2.14. The third kappa shape index (κ3) is 4.99. The summed E-state index contributed by atoms with van der Waals surface area (Å²) < 4.78 is 31.7. The van der Waals surface area contributed by atoms with Gasteiger partial charge in [0.05, 0.1) is 11.0 Å². The SMILES string of the molecule is CN(C)c1ccc2cc3ccc(N(C)C)cc3nc2c1.O=C(O)C(F)(F)F. The van der Waals surface area contributed by atoms with E-state index in [1.54, 1.807) is 0 Å². The van der Waals surface area contributed by atoms with Gasteiger partial charge in [0.25, 0.3) is 0 Å². The van der Waals surface area contributed by atoms with E-state index >= 15 is 0 Å². The summed E-state index contributed by atoms with van der Waals surface area (Å²) in [6, 6.07) is 15.0. The summed E-state index contributed by atoms with van der Waals surface area (Å²) in [6.45, 7) is 0. The van der Waals surface area contributed by atoms with Gasteiger partial charge >= 0.3 is 12.1 Å². The van der Waals surface area contributed by atoms with Crippen molar-refractivity contribution in [2.45, 2.75) is 6.18 Å². The fourth-order valence-electron chi connectivity index (χ4n) is 2.36. The predicted molar refractivity (Wildman–Crippen MR) is 102 cm³/mol. The first-order valence-corrected chi connectivity index (χ1v) is 7.98. The lowest BCUT2D eigenvalue weighted by atomic mass is 10.1. The molecule has 1 aromatic heterocycles. The molecule has 2 aromatic carbocycles. The van der Waals surface area contributed by atoms with Gasteiger partial charge < -0.3 is 14.9 Å². The first-order valence-electron chi connectivity index (χ1n) is 7.98. The number of alkyl halides is 3. The molecule has 0 spiro atoms. The summed E-state index contributed by atoms with van der Waals surface area (Å²) in [5, 5.41) is 9.49. The van der Waals surface area contributed by atoms with Crippen LogP contribution in [0.5, 0.6) is 0 Å². The minimum atomic E-state index is -5.08. The van der Waals surface area contributed by atoms with E-state index in [1.807, 2.05) is 28.2 Å². The number of fused-ring (bicyclic) bond motifs is 2. The molecule has 0 amide bonds. The van der Waals surface area contributed by atoms with Gasteiger partial charge in [-0.15, -0.1) is 0 Å². The number of carboxylic acids is 1. The van der Waals surface area contributed by atoms with Gasteiger partial charge in [-0.05, 0) is 30.3 Å². The highest BCUT2D eigenvalue weighted by molar-refractivity contribution is 5.95. The van der Waals surface area contributed by atoms with E-state index in [-0.39, 0.29) is 0 Å². The number of rotatable bonds is 2. The molecular weight excluding hydrogens is 359 g/mol. The van der Waals surface area contributed by atoms with Gasteiger partial charge in [0, 0.05) is 50.3 Å². The van der Waals surface area contributed by atoms with E-state index in [1.165, 1.54) is 22.1 Å². The van der Waals surface area contributed by atoms with Gasteiger partial charge in [-0.25, -0.2) is 9.78 Å². The topological polar surface area (TPSA) is 56.7 Å². The highest BCUT2D eigenvalue weighted by Gasteiger charge is 2.38. The number of pyridine rings is 1. The average molecular weight is 379 g/mol. The van der Waals surface area contributed by atoms with E-state index in [0.717, 1.165) is 11.0 Å². The minimum absolute atomic E-state index is 1.04. The molecule has 27 heavy (non-hydrogen) atoms. The van der Waals surface area contributed by atoms with Crippen molar-refractivity contribution in [2.24, 2.45) is 0 Å². The highest BCUT2D eigenvalue weighted by atomic mass is 19.4. The molecule has 3 rings (SSSR count). The van der Waals surface area contributed by atoms with E-state index in [9.17, 15) is 13.2 Å². The Kier molecular flexibility index (Phi) is 5.78. The summed E-state index contributed by atoms with van der Waals surface area (Å²) in [5.41, 5.74) is 4.43. The average Bonchev–Trinajstić information content (AvgIpc) is 2.58. The monoisotopic (exact) mass is 379 g/mol. The summed E-state index contributed by atoms with van der Waals surface area (Å²) in [7, 11) is 8.19. The molecule has 0 radical (unpaired) electrons. The number of hydrogen-bond donors (Lipinski definition) is 1. The summed E-state index contributed by atoms with van der Waals surface area (Å²) >= 11 is 0. The second-order valence-corrected chi connectivity index (χ2v) is 6.33. The fourth-order valence-corrected chi connectivity index (χ4v) is 2.36. The second-order valence-electron chi connectivity index (χ2n) is 6.33. The van der Waals surface area contributed by atoms with Crippen molar-refractivity contribution in [3.63, 3.8) is 0 Å². The zero-order chi connectivity index (χ0) is 20.4. The number of halogens is 3. The first-order chi connectivity index (χ1) is 12.5. The quantitative estimate of drug-likeness (QED) is 0.678. The number of carbonyl (C=O) groups is 1. The smallest absolute Gasteiger partial charge is 0.475 e. The fraction of sp³-hybridized carbons (Fsp3) is 0.263. The van der Waals surface area contributed by atoms with Crippen molar-refractivity contribution in [3.05, 3.63) is 42.5 Å². The van der Waals surface area contributed by atoms with Crippen LogP contribution in [-0.2, 0) is 4.79 Å². The van der Waals surface area contributed by atoms with Crippen LogP contribution in [0.25, 0.3) is 21.8 Å². The molecule has 0 saturated heterocycles. The molecule has 144 valence electrons. The molecule has 0 aliphatic carbocycles. The Morgan fingerprint density at radius 3 is 1.52 bits per heavy atom. The lowest BCUT2D eigenvalue weighted by Crippen LogP contribution is -2.21. The Balaban J connectivity index is 0.000000321. The zero-order valence-electron chi connectivity index (χ0n) is 15.4. The van der Waals surface area contributed by atoms with Gasteiger partial charge in [-0.3, -0.25) is 0 Å². The molecule has 1 heterocycles. The summed E-state index contributed by atoms with van der Waals surface area (Å²) in [6.07, 6.45) is -5.08. The third-order valence-electron chi connectivity index (χ3n) is 3.86. The Morgan fingerprint density at radius 2 is 1.22 bits per heavy atom. The van der Waals surface area contributed by atoms with E-state index < -0.39 is 12.1 Å². The van der Waals surface area contributed by atoms with Crippen LogP contribution >= 0.6 is 0 Å². The van der Waals surface area contributed by atoms with Crippen molar-refractivity contribution in [3.8, 4) is 0 Å². The number of hydrogen-bond acceptors (Lipinski definition) is 4. The Bertz CT molecular complexity index is 906. The molecule has 0 bridgehead atoms. The third-order valence-corrected chi connectivity index (χ3v) is 3.86. The molecule has 0 saturated carbocycles. The number of benzene rings is 2. The van der Waals surface area contributed by atoms with Crippen molar-refractivity contribution in [1.82, 2.24) is 4.98 Å². The number of carboxylic acid groups (broad SMARTS) is 1. The standard InChI is InChI=1S/C17H19N3.C2HF3O2/c1-19(2)14-7-5-12-9-13-6-8-15(20(3)4)11-17(13)18-16(12)10-14;3-2(4,5)1(6)7/h5-11H,1-4H3;(H,6,7). The van der Waals surface area contributed by atoms with Gasteiger partial charge in [0.2, 0.25) is 0 Å². The maximum absolute atomic E-state index is 10.6. The summed E-state index contributed by atoms with van der Waals surface area (Å²) in [4.78, 5) is 17.9. The molecule has 0 fully saturated rings. The zero-order valence-corrected chi connectivity index (χ0v) is 15.4. The maximum atomic E-state index is 10.6. The van der Waals surface area contributed by atoms with Crippen molar-refractivity contribution in [2.75, 3.05) is 38.0 Å². The van der Waals surface area contributed by atoms with Gasteiger partial charge in [0.1, 0.15) is 0 Å². The molecule has 1 N–H and O–H groups in total. The van der Waals surface area contributed by atoms with Crippen molar-refractivity contribution in [1.29, 1.82) is 0 Å². The maximum Gasteiger partial charge on any atom is 0.490 e. The van der Waals surface area contributed by atoms with Crippen LogP contribution in [0.2, 0.25) is 0 Å². The van der Waals surface area contributed by atoms with Crippen LogP contribution in [0, 0.1) is 0 Å². The van der Waals surface area contributed by atoms with Crippen LogP contribution in [0.15, 0.2) is 42.5 Å². The number of anilines is 2. The van der Waals surface area contributed by atoms with Gasteiger partial charge in [-0.2, -0.15) is 13.2 Å². The molecule has 0 unspecified atom stereocenters. The number of aromatic nitrogens is 1. The van der Waals surface area contributed by atoms with Crippen LogP contribution in [0.4, 0.5) is 24.5 Å². The predicted octanol–water partition coefficient (Wildman–Crippen LogP) is 4.15. The molecule has 0 atom stereocenters. The van der Waals surface area contributed by atoms with E-state index in [0.29, 0.717) is 0 Å². The first kappa shape index (κ1) is 20.3. The number of aliphatic carboxylic acids is 1. The molecule has 0 aliphatic heterocycles. The molecule has 0 aliphatic rings. The van der Waals surface area contributed by atoms with Crippen LogP contribution in [0.1, 0.15) is 0 Å². The van der Waals surface area contributed by atoms with Crippen LogP contribution in [-0.4, -0.2) is 50.4 Å². The van der Waals surface area contributed by atoms with Crippen molar-refractivity contribution >= 4 is 39.1 Å². The molecular formula is C19H20F3N3O2. The summed E-state index contributed by atoms with van der Waals surface area (Å²) in [5.74, 6) is -2.76. The van der Waals surface area contributed by atoms with E-state index in [4.69, 9.17) is 14.9 Å². The number of nitrogens with zero attached hydrogens (tertiary/aromatic N) is 3. The lowest BCUT2D eigenvalue weighted by molar-refractivity contribution is -0.192. The highest BCUT2D eigenvalue weighted by Crippen LogP contribution is 2.26. The molecule has 3 aromatic rings. The minimum Gasteiger partial charge on any atom is -0.475 e. The Morgan fingerprint density at radius 1 is 0.852 bits per heavy atom. The largest absolute Gasteiger partial charge is 0.490 e. The Labute approximate surface area is 154 Å². The normalized spacial score (nSPS) is 11.1. The molecule has 8 heteroatoms. The van der Waals surface area contributed by atoms with Crippen LogP contribution in [0.3, 0.4) is 0 Å². The molecule has 5 nitrogen and oxygen atoms in total. The van der Waals surface area contributed by atoms with Gasteiger partial charge in [0.15, 0.2) is 0 Å². The van der Waals surface area contributed by atoms with E-state index in [2.05, 4.69) is 52.3 Å². The van der Waals surface area contributed by atoms with Gasteiger partial charge in [-0.1, -0.05) is 12.1 Å². The van der Waals surface area contributed by atoms with Crippen LogP contribution < -0.4 is 9.80 Å².